The molecular weight excluding hydrogens is 1070 g/mol. The van der Waals surface area contributed by atoms with Gasteiger partial charge in [0.15, 0.2) is 5.82 Å². The van der Waals surface area contributed by atoms with Crippen molar-refractivity contribution in [2.45, 2.75) is 81.7 Å². The fourth-order valence-corrected chi connectivity index (χ4v) is 8.87. The van der Waals surface area contributed by atoms with Crippen LogP contribution in [-0.2, 0) is 49.1 Å². The molecule has 1 saturated carbocycles. The van der Waals surface area contributed by atoms with Crippen molar-refractivity contribution in [1.29, 1.82) is 0 Å². The molecule has 5 atom stereocenters. The average Bonchev–Trinajstić information content (AvgIpc) is 3.73. The lowest BCUT2D eigenvalue weighted by Crippen LogP contribution is -2.50. The van der Waals surface area contributed by atoms with Gasteiger partial charge in [-0.25, -0.2) is 27.6 Å². The van der Waals surface area contributed by atoms with Crippen LogP contribution in [0.1, 0.15) is 56.6 Å². The van der Waals surface area contributed by atoms with Gasteiger partial charge in [-0.1, -0.05) is 30.5 Å². The number of halogens is 11. The number of anilines is 1. The molecule has 29 heteroatoms. The van der Waals surface area contributed by atoms with Crippen LogP contribution >= 0.6 is 11.6 Å². The Morgan fingerprint density at radius 1 is 1.01 bits per heavy atom. The van der Waals surface area contributed by atoms with Crippen LogP contribution in [0.15, 0.2) is 58.7 Å². The Hall–Kier alpha value is -6.60. The number of aromatic nitrogens is 3. The molecule has 3 amide bonds. The molecule has 1 aliphatic rings. The molecule has 400 valence electrons. The first-order valence-corrected chi connectivity index (χ1v) is 24.7. The van der Waals surface area contributed by atoms with Crippen molar-refractivity contribution in [1.82, 2.24) is 25.0 Å². The maximum Gasteiger partial charge on any atom is 0.431 e. The van der Waals surface area contributed by atoms with E-state index in [0.29, 0.717) is 11.0 Å². The Morgan fingerprint density at radius 2 is 1.62 bits per heavy atom. The summed E-state index contributed by atoms with van der Waals surface area (Å²) in [5.74, 6) is -8.07. The molecule has 5 N–H and O–H groups in total. The molecule has 2 aromatic heterocycles. The molecule has 0 aliphatic heterocycles. The topological polar surface area (TPSA) is 230 Å². The largest absolute Gasteiger partial charge is 0.481 e. The molecule has 0 saturated heterocycles. The number of rotatable bonds is 15. The maximum absolute atomic E-state index is 15.3. The number of hydrogen-bond donors (Lipinski definition) is 4. The number of nitrogens with zero attached hydrogens (tertiary/aromatic N) is 6. The minimum Gasteiger partial charge on any atom is -0.481 e. The summed E-state index contributed by atoms with van der Waals surface area (Å²) in [4.78, 5) is 60.1. The van der Waals surface area contributed by atoms with Crippen LogP contribution in [-0.4, -0.2) is 123 Å². The molecule has 1 aliphatic carbocycles. The van der Waals surface area contributed by atoms with Gasteiger partial charge in [-0.15, -0.1) is 0 Å². The van der Waals surface area contributed by atoms with Crippen molar-refractivity contribution in [3.8, 4) is 23.0 Å². The van der Waals surface area contributed by atoms with E-state index >= 15 is 8.78 Å². The van der Waals surface area contributed by atoms with E-state index in [-0.39, 0.29) is 31.4 Å². The maximum atomic E-state index is 15.3. The number of aliphatic imine (C=N–C) groups is 1. The summed E-state index contributed by atoms with van der Waals surface area (Å²) in [5.41, 5.74) is -1.24. The number of benzene rings is 2. The fourth-order valence-electron chi connectivity index (χ4n) is 7.72. The Labute approximate surface area is 424 Å². The normalized spacial score (nSPS) is 17.7. The van der Waals surface area contributed by atoms with Gasteiger partial charge in [0.1, 0.15) is 63.6 Å². The van der Waals surface area contributed by atoms with Crippen LogP contribution in [0, 0.1) is 29.4 Å². The van der Waals surface area contributed by atoms with E-state index in [0.717, 1.165) is 44.5 Å². The number of carbonyl (C=O) groups excluding carboxylic acids is 2. The number of urea groups is 1. The van der Waals surface area contributed by atoms with Crippen molar-refractivity contribution in [3.05, 3.63) is 87.3 Å². The molecule has 2 heterocycles. The number of carboxylic acid groups (broad SMARTS) is 2. The number of alkyl halides is 8. The van der Waals surface area contributed by atoms with Gasteiger partial charge in [-0.05, 0) is 68.0 Å². The van der Waals surface area contributed by atoms with Crippen molar-refractivity contribution < 1.29 is 81.7 Å². The summed E-state index contributed by atoms with van der Waals surface area (Å²) in [6, 6.07) is 1.27. The lowest BCUT2D eigenvalue weighted by molar-refractivity contribution is -0.148. The zero-order valence-electron chi connectivity index (χ0n) is 39.4. The predicted octanol–water partition coefficient (Wildman–Crippen LogP) is 7.47. The first-order chi connectivity index (χ1) is 34.0. The monoisotopic (exact) mass is 1110 g/mol. The van der Waals surface area contributed by atoms with Crippen LogP contribution < -0.4 is 15.4 Å². The number of carbonyl (C=O) groups is 4. The lowest BCUT2D eigenvalue weighted by atomic mass is 9.93. The van der Waals surface area contributed by atoms with Gasteiger partial charge in [-0.3, -0.25) is 23.5 Å². The first kappa shape index (κ1) is 58.3. The Bertz CT molecular complexity index is 3080. The van der Waals surface area contributed by atoms with Crippen LogP contribution in [0.2, 0.25) is 5.02 Å². The number of hydrogen-bond acceptors (Lipinski definition) is 10. The van der Waals surface area contributed by atoms with Gasteiger partial charge in [0.05, 0.1) is 34.1 Å². The summed E-state index contributed by atoms with van der Waals surface area (Å²) in [6.45, 7) is 0.710. The Balaban J connectivity index is 1.85. The van der Waals surface area contributed by atoms with Gasteiger partial charge in [0.25, 0.3) is 5.92 Å². The molecule has 74 heavy (non-hydrogen) atoms. The van der Waals surface area contributed by atoms with Gasteiger partial charge >= 0.3 is 30.3 Å². The van der Waals surface area contributed by atoms with Crippen molar-refractivity contribution in [2.75, 3.05) is 30.4 Å². The number of nitrogens with two attached hydrogens (primary N) is 1. The summed E-state index contributed by atoms with van der Waals surface area (Å²) in [6.07, 6.45) is -11.3. The number of aliphatic carboxylic acids is 2. The highest BCUT2D eigenvalue weighted by Crippen LogP contribution is 2.45. The third kappa shape index (κ3) is 13.4. The highest BCUT2D eigenvalue weighted by molar-refractivity contribution is 7.86. The van der Waals surface area contributed by atoms with E-state index in [1.165, 1.54) is 32.2 Å². The van der Waals surface area contributed by atoms with E-state index in [9.17, 15) is 72.9 Å². The Morgan fingerprint density at radius 3 is 2.16 bits per heavy atom. The minimum atomic E-state index is -5.29. The van der Waals surface area contributed by atoms with Gasteiger partial charge in [-0.2, -0.15) is 44.5 Å². The van der Waals surface area contributed by atoms with Crippen molar-refractivity contribution >= 4 is 79.7 Å². The van der Waals surface area contributed by atoms with Crippen molar-refractivity contribution in [2.24, 2.45) is 16.6 Å². The summed E-state index contributed by atoms with van der Waals surface area (Å²) in [7, 11) is -3.44. The van der Waals surface area contributed by atoms with Gasteiger partial charge in [0.2, 0.25) is 5.91 Å². The van der Waals surface area contributed by atoms with Crippen LogP contribution in [0.5, 0.6) is 0 Å². The van der Waals surface area contributed by atoms with E-state index in [2.05, 4.69) is 32.2 Å². The highest BCUT2D eigenvalue weighted by Gasteiger charge is 2.52. The number of allylic oxidation sites excluding steroid dienone is 2. The Kier molecular flexibility index (Phi) is 17.4. The molecule has 0 spiro atoms. The average molecular weight is 1110 g/mol. The number of likely N-dealkylation sites (N-methyl/N-ethyl adjacent to an activating group) is 1. The first-order valence-electron chi connectivity index (χ1n) is 21.3. The van der Waals surface area contributed by atoms with Gasteiger partial charge < -0.3 is 26.2 Å². The molecule has 0 bridgehead atoms. The smallest absolute Gasteiger partial charge is 0.431 e. The zero-order chi connectivity index (χ0) is 55.7. The molecule has 0 radical (unpaired) electrons. The number of nitrogens with one attached hydrogen (secondary N) is 1. The van der Waals surface area contributed by atoms with Gasteiger partial charge in [0, 0.05) is 59.5 Å². The lowest BCUT2D eigenvalue weighted by Gasteiger charge is -2.28. The zero-order valence-corrected chi connectivity index (χ0v) is 41.8. The predicted molar refractivity (Wildman–Crippen MR) is 252 cm³/mol. The molecule has 4 unspecified atom stereocenters. The number of fused-ring (bicyclic) bond motifs is 1. The second-order valence-electron chi connectivity index (χ2n) is 17.2. The minimum absolute atomic E-state index is 0.200. The highest BCUT2D eigenvalue weighted by atomic mass is 35.5. The summed E-state index contributed by atoms with van der Waals surface area (Å²) >= 11 is 6.65. The van der Waals surface area contributed by atoms with Crippen molar-refractivity contribution in [3.63, 3.8) is 0 Å². The number of pyridine rings is 1. The standard InChI is InChI=1S/C45H43ClF10N8O8S2/c1-21-18-43(49,50)38(33(21)37(57)45(54,55)56)58-19-31(65)60-29(15-22-13-23(47)16-24(48)14-22)35-26(8-7-25(59-35)11-12-42(2,3)73(5)71)27-9-10-28(46)34-36(27)63(20-44(51,52)53)61-39(34)64(74(6)72)41(70)62(4)30(40(68)69)17-32(66)67/h7-10,13-14,16,21,29-30H,15,17-20,57H2,1-6H3,(H,60,65)(H,66,67)(H,68,69)/b37-33-,58-38?/t21-,29?,30?,73?,74?/m0/s1. The third-order valence-corrected chi connectivity index (χ3v) is 14.0. The second-order valence-corrected chi connectivity index (χ2v) is 20.8. The van der Waals surface area contributed by atoms with Crippen LogP contribution in [0.3, 0.4) is 0 Å². The third-order valence-electron chi connectivity index (χ3n) is 11.3. The molecular formula is C45H43ClF10N8O8S2. The summed E-state index contributed by atoms with van der Waals surface area (Å²) in [5, 5.41) is 24.5. The molecule has 2 aromatic carbocycles. The molecule has 16 nitrogen and oxygen atoms in total. The number of carboxylic acids is 2. The van der Waals surface area contributed by atoms with Crippen LogP contribution in [0.25, 0.3) is 22.0 Å². The molecule has 4 aromatic rings. The van der Waals surface area contributed by atoms with Crippen LogP contribution in [0.4, 0.5) is 54.5 Å². The SMILES string of the molecule is C[C@H]1CC(F)(F)C(=NCC(=O)NC(Cc2cc(F)cc(F)c2)c2nc(C#CC(C)(C)S(C)=O)ccc2-c2ccc(Cl)c3c(N(C(=O)N(C)C(CC(=O)O)C(=O)O)S(C)=O)nn(CC(F)(F)F)c23)/C1=C(\N)C(F)(F)F. The molecule has 5 rings (SSSR count). The summed E-state index contributed by atoms with van der Waals surface area (Å²) < 4.78 is 170. The van der Waals surface area contributed by atoms with E-state index in [1.807, 2.05) is 0 Å². The number of amides is 3. The van der Waals surface area contributed by atoms with E-state index < -0.39 is 175 Å². The second kappa shape index (κ2) is 22.1. The van der Waals surface area contributed by atoms with E-state index in [4.69, 9.17) is 17.3 Å². The molecule has 1 fully saturated rings. The van der Waals surface area contributed by atoms with E-state index in [1.54, 1.807) is 0 Å². The fraction of sp³-hybridized carbons (Fsp3) is 0.400. The quantitative estimate of drug-likeness (QED) is 0.0674.